The largest absolute Gasteiger partial charge is 0.307 e. The van der Waals surface area contributed by atoms with Crippen LogP contribution in [0, 0.1) is 0 Å². The maximum absolute atomic E-state index is 8.97. The van der Waals surface area contributed by atoms with Crippen molar-refractivity contribution in [2.45, 2.75) is 0 Å². The van der Waals surface area contributed by atoms with Crippen molar-refractivity contribution in [3.05, 3.63) is 145 Å². The highest BCUT2D eigenvalue weighted by Crippen LogP contribution is 2.39. The molecule has 0 aliphatic heterocycles. The molecule has 2 aromatic heterocycles. The minimum atomic E-state index is -0.277. The maximum atomic E-state index is 8.97. The van der Waals surface area contributed by atoms with Crippen molar-refractivity contribution in [2.75, 3.05) is 0 Å². The van der Waals surface area contributed by atoms with Gasteiger partial charge in [0.05, 0.1) is 37.3 Å². The summed E-state index contributed by atoms with van der Waals surface area (Å²) in [7, 11) is 0. The van der Waals surface area contributed by atoms with Crippen LogP contribution >= 0.6 is 0 Å². The molecule has 0 atom stereocenters. The minimum Gasteiger partial charge on any atom is -0.307 e. The molecule has 8 aromatic rings. The summed E-state index contributed by atoms with van der Waals surface area (Å²) in [5.41, 5.74) is 5.87. The lowest BCUT2D eigenvalue weighted by Crippen LogP contribution is -2.00. The van der Waals surface area contributed by atoms with Crippen LogP contribution in [0.25, 0.3) is 66.1 Å². The monoisotopic (exact) mass is 491 g/mol. The van der Waals surface area contributed by atoms with Crippen LogP contribution in [0.1, 0.15) is 9.60 Å². The van der Waals surface area contributed by atoms with Crippen molar-refractivity contribution in [2.24, 2.45) is 0 Å². The van der Waals surface area contributed by atoms with Gasteiger partial charge in [0, 0.05) is 27.2 Å². The first-order chi connectivity index (χ1) is 21.8. The van der Waals surface area contributed by atoms with Gasteiger partial charge in [0.2, 0.25) is 0 Å². The number of hydrogen-bond acceptors (Lipinski definition) is 0. The van der Waals surface area contributed by atoms with E-state index >= 15 is 0 Å². The molecule has 178 valence electrons. The van der Waals surface area contributed by atoms with E-state index in [0.29, 0.717) is 22.0 Å². The molecule has 0 N–H and O–H groups in total. The number of aromatic nitrogens is 2. The van der Waals surface area contributed by atoms with Gasteiger partial charge in [0.1, 0.15) is 0 Å². The molecule has 8 rings (SSSR count). The van der Waals surface area contributed by atoms with Crippen molar-refractivity contribution in [3.8, 4) is 22.5 Å². The summed E-state index contributed by atoms with van der Waals surface area (Å²) in [5.74, 6) is 0. The first-order valence-corrected chi connectivity index (χ1v) is 12.5. The van der Waals surface area contributed by atoms with Crippen molar-refractivity contribution in [3.63, 3.8) is 0 Å². The predicted octanol–water partition coefficient (Wildman–Crippen LogP) is 9.55. The quantitative estimate of drug-likeness (QED) is 0.233. The number of fused-ring (bicyclic) bond motifs is 6. The fourth-order valence-electron chi connectivity index (χ4n) is 5.62. The Hall–Kier alpha value is -5.08. The van der Waals surface area contributed by atoms with Crippen LogP contribution in [0.3, 0.4) is 0 Å². The summed E-state index contributed by atoms with van der Waals surface area (Å²) in [4.78, 5) is 0. The molecule has 0 saturated carbocycles. The van der Waals surface area contributed by atoms with Crippen LogP contribution < -0.4 is 0 Å². The molecule has 2 nitrogen and oxygen atoms in total. The Morgan fingerprint density at radius 3 is 1.87 bits per heavy atom. The van der Waals surface area contributed by atoms with E-state index in [4.69, 9.17) is 9.60 Å². The predicted molar refractivity (Wildman–Crippen MR) is 161 cm³/mol. The Labute approximate surface area is 230 Å². The zero-order valence-corrected chi connectivity index (χ0v) is 20.2. The van der Waals surface area contributed by atoms with Gasteiger partial charge in [0.15, 0.2) is 0 Å². The highest BCUT2D eigenvalue weighted by molar-refractivity contribution is 6.15. The third-order valence-electron chi connectivity index (χ3n) is 7.23. The van der Waals surface area contributed by atoms with Crippen molar-refractivity contribution in [1.82, 2.24) is 9.13 Å². The van der Waals surface area contributed by atoms with Crippen molar-refractivity contribution < 1.29 is 9.60 Å². The normalized spacial score (nSPS) is 14.3. The van der Waals surface area contributed by atoms with Crippen LogP contribution in [0.15, 0.2) is 145 Å². The van der Waals surface area contributed by atoms with E-state index < -0.39 is 0 Å². The van der Waals surface area contributed by atoms with Crippen LogP contribution in [0.2, 0.25) is 0 Å². The zero-order valence-electron chi connectivity index (χ0n) is 27.2. The number of benzene rings is 6. The highest BCUT2D eigenvalue weighted by Gasteiger charge is 2.19. The molecule has 0 radical (unpaired) electrons. The summed E-state index contributed by atoms with van der Waals surface area (Å²) in [6.45, 7) is 0. The SMILES string of the molecule is [2H]c1cc([2H])c(-c2ccc(-n3c4ccccc4c4cccc(-n5c6ccccc6c6c([2H])c([2H])c([2H])c([2H])c65)c43)cc2)c([2H])c1. The molecule has 0 saturated heterocycles. The smallest absolute Gasteiger partial charge is 0.0782 e. The highest BCUT2D eigenvalue weighted by atomic mass is 15.1. The topological polar surface area (TPSA) is 9.86 Å². The van der Waals surface area contributed by atoms with E-state index in [-0.39, 0.29) is 42.3 Å². The molecule has 0 unspecified atom stereocenters. The van der Waals surface area contributed by atoms with E-state index in [1.807, 2.05) is 77.4 Å². The number of nitrogens with zero attached hydrogens (tertiary/aromatic N) is 2. The van der Waals surface area contributed by atoms with E-state index in [2.05, 4.69) is 22.8 Å². The van der Waals surface area contributed by atoms with Gasteiger partial charge in [0.25, 0.3) is 0 Å². The van der Waals surface area contributed by atoms with Gasteiger partial charge in [-0.15, -0.1) is 0 Å². The number of hydrogen-bond donors (Lipinski definition) is 0. The van der Waals surface area contributed by atoms with Crippen molar-refractivity contribution >= 4 is 43.6 Å². The van der Waals surface area contributed by atoms with Crippen LogP contribution in [0.4, 0.5) is 0 Å². The maximum Gasteiger partial charge on any atom is 0.0782 e. The third-order valence-corrected chi connectivity index (χ3v) is 7.23. The summed E-state index contributed by atoms with van der Waals surface area (Å²) < 4.78 is 63.4. The molecule has 0 fully saturated rings. The van der Waals surface area contributed by atoms with E-state index in [1.54, 1.807) is 0 Å². The van der Waals surface area contributed by atoms with Gasteiger partial charge < -0.3 is 9.13 Å². The second-order valence-electron chi connectivity index (χ2n) is 9.27. The number of rotatable bonds is 3. The molecule has 0 bridgehead atoms. The summed E-state index contributed by atoms with van der Waals surface area (Å²) >= 11 is 0. The molecule has 6 aromatic carbocycles. The molecule has 0 aliphatic carbocycles. The van der Waals surface area contributed by atoms with Crippen LogP contribution in [-0.4, -0.2) is 9.13 Å². The third kappa shape index (κ3) is 3.01. The van der Waals surface area contributed by atoms with Crippen LogP contribution in [-0.2, 0) is 0 Å². The standard InChI is InChI=1S/C36H24N2/c1-2-11-25(12-3-1)26-21-23-27(24-22-26)37-32-17-7-6-15-30(32)31-16-10-20-35(36(31)37)38-33-18-8-4-13-28(33)29-14-5-9-19-34(29)38/h1-24H/i1D,4D,8D,11D,12D,13D,18D. The zero-order chi connectivity index (χ0) is 31.1. The van der Waals surface area contributed by atoms with Gasteiger partial charge in [-0.1, -0.05) is 109 Å². The summed E-state index contributed by atoms with van der Waals surface area (Å²) in [6, 6.07) is 32.1. The second-order valence-corrected chi connectivity index (χ2v) is 9.27. The first-order valence-electron chi connectivity index (χ1n) is 16.0. The average molecular weight is 492 g/mol. The Morgan fingerprint density at radius 1 is 0.421 bits per heavy atom. The molecule has 0 amide bonds. The molecule has 2 heterocycles. The molecule has 2 heteroatoms. The first kappa shape index (κ1) is 15.2. The van der Waals surface area contributed by atoms with Crippen molar-refractivity contribution in [1.29, 1.82) is 0 Å². The van der Waals surface area contributed by atoms with E-state index in [1.165, 1.54) is 12.1 Å². The Bertz CT molecular complexity index is 2490. The van der Waals surface area contributed by atoms with Gasteiger partial charge in [-0.05, 0) is 47.5 Å². The summed E-state index contributed by atoms with van der Waals surface area (Å²) in [5, 5.41) is 3.26. The lowest BCUT2D eigenvalue weighted by atomic mass is 10.1. The Balaban J connectivity index is 1.47. The molecular weight excluding hydrogens is 460 g/mol. The lowest BCUT2D eigenvalue weighted by Gasteiger charge is -2.14. The summed E-state index contributed by atoms with van der Waals surface area (Å²) in [6.07, 6.45) is 0. The van der Waals surface area contributed by atoms with E-state index in [0.717, 1.165) is 44.1 Å². The Morgan fingerprint density at radius 2 is 1.08 bits per heavy atom. The fraction of sp³-hybridized carbons (Fsp3) is 0. The molecule has 0 aliphatic rings. The Kier molecular flexibility index (Phi) is 3.30. The molecule has 0 spiro atoms. The van der Waals surface area contributed by atoms with Gasteiger partial charge in [-0.2, -0.15) is 0 Å². The van der Waals surface area contributed by atoms with Gasteiger partial charge in [-0.25, -0.2) is 0 Å². The molecule has 38 heavy (non-hydrogen) atoms. The van der Waals surface area contributed by atoms with Crippen LogP contribution in [0.5, 0.6) is 0 Å². The van der Waals surface area contributed by atoms with Gasteiger partial charge >= 0.3 is 0 Å². The fourth-order valence-corrected chi connectivity index (χ4v) is 5.62. The van der Waals surface area contributed by atoms with E-state index in [9.17, 15) is 0 Å². The lowest BCUT2D eigenvalue weighted by molar-refractivity contribution is 1.13. The molecular formula is C36H24N2. The average Bonchev–Trinajstić information content (AvgIpc) is 3.56. The minimum absolute atomic E-state index is 0.0646. The van der Waals surface area contributed by atoms with Gasteiger partial charge in [-0.3, -0.25) is 0 Å². The number of para-hydroxylation sites is 4. The second kappa shape index (κ2) is 8.22.